The van der Waals surface area contributed by atoms with Crippen LogP contribution in [0, 0.1) is 5.41 Å². The predicted octanol–water partition coefficient (Wildman–Crippen LogP) is 0.867. The van der Waals surface area contributed by atoms with Crippen molar-refractivity contribution in [3.63, 3.8) is 0 Å². The molecule has 3 rings (SSSR count). The van der Waals surface area contributed by atoms with Gasteiger partial charge in [0, 0.05) is 12.6 Å². The van der Waals surface area contributed by atoms with Gasteiger partial charge in [0.15, 0.2) is 0 Å². The Hall–Kier alpha value is -0.0800. The monoisotopic (exact) mass is 154 g/mol. The number of nitrogens with two attached hydrogens (primary N) is 1. The summed E-state index contributed by atoms with van der Waals surface area (Å²) < 4.78 is 0. The Bertz CT molecular complexity index is 117. The number of rotatable bonds is 2. The third kappa shape index (κ3) is 1.30. The molecule has 3 N–H and O–H groups in total. The molecule has 1 saturated carbocycles. The van der Waals surface area contributed by atoms with E-state index in [2.05, 4.69) is 5.32 Å². The summed E-state index contributed by atoms with van der Waals surface area (Å²) in [6.07, 6.45) is 6.84. The first-order chi connectivity index (χ1) is 5.35. The van der Waals surface area contributed by atoms with E-state index in [1.165, 1.54) is 38.6 Å². The van der Waals surface area contributed by atoms with Gasteiger partial charge in [-0.05, 0) is 44.1 Å². The molecule has 0 atom stereocenters. The molecule has 2 heterocycles. The Kier molecular flexibility index (Phi) is 1.90. The number of nitrogens with one attached hydrogen (secondary N) is 1. The molecule has 0 unspecified atom stereocenters. The quantitative estimate of drug-likeness (QED) is 0.619. The minimum absolute atomic E-state index is 0.601. The molecule has 1 aliphatic carbocycles. The third-order valence-corrected chi connectivity index (χ3v) is 3.49. The van der Waals surface area contributed by atoms with Crippen LogP contribution in [0.5, 0.6) is 0 Å². The average molecular weight is 154 g/mol. The lowest BCUT2D eigenvalue weighted by atomic mass is 9.67. The molecule has 2 aliphatic heterocycles. The van der Waals surface area contributed by atoms with Gasteiger partial charge in [-0.15, -0.1) is 0 Å². The van der Waals surface area contributed by atoms with Crippen molar-refractivity contribution in [2.24, 2.45) is 11.1 Å². The first-order valence-corrected chi connectivity index (χ1v) is 4.78. The summed E-state index contributed by atoms with van der Waals surface area (Å²) in [5, 5.41) is 3.59. The first-order valence-electron chi connectivity index (χ1n) is 4.78. The van der Waals surface area contributed by atoms with Gasteiger partial charge < -0.3 is 11.1 Å². The summed E-state index contributed by atoms with van der Waals surface area (Å²) >= 11 is 0. The number of hydrogen-bond acceptors (Lipinski definition) is 2. The molecular formula is C9H18N2. The Morgan fingerprint density at radius 2 is 2.09 bits per heavy atom. The van der Waals surface area contributed by atoms with Crippen LogP contribution in [0.1, 0.15) is 32.1 Å². The predicted molar refractivity (Wildman–Crippen MR) is 46.4 cm³/mol. The van der Waals surface area contributed by atoms with Gasteiger partial charge in [-0.2, -0.15) is 0 Å². The molecule has 2 heteroatoms. The van der Waals surface area contributed by atoms with Crippen LogP contribution in [0.25, 0.3) is 0 Å². The van der Waals surface area contributed by atoms with E-state index in [1.807, 2.05) is 0 Å². The van der Waals surface area contributed by atoms with Gasteiger partial charge in [-0.1, -0.05) is 0 Å². The number of fused-ring (bicyclic) bond motifs is 3. The maximum Gasteiger partial charge on any atom is 0.00677 e. The molecular weight excluding hydrogens is 136 g/mol. The SMILES string of the molecule is NCCC12CCC(CC1)NC2. The lowest BCUT2D eigenvalue weighted by Crippen LogP contribution is -2.51. The second kappa shape index (κ2) is 2.76. The van der Waals surface area contributed by atoms with Gasteiger partial charge in [0.25, 0.3) is 0 Å². The summed E-state index contributed by atoms with van der Waals surface area (Å²) in [4.78, 5) is 0. The summed E-state index contributed by atoms with van der Waals surface area (Å²) in [6.45, 7) is 2.10. The van der Waals surface area contributed by atoms with Crippen molar-refractivity contribution in [3.05, 3.63) is 0 Å². The molecule has 3 fully saturated rings. The van der Waals surface area contributed by atoms with E-state index >= 15 is 0 Å². The zero-order valence-electron chi connectivity index (χ0n) is 7.10. The molecule has 0 aromatic rings. The molecule has 0 spiro atoms. The fourth-order valence-electron chi connectivity index (χ4n) is 2.62. The summed E-state index contributed by atoms with van der Waals surface area (Å²) in [7, 11) is 0. The van der Waals surface area contributed by atoms with E-state index in [0.29, 0.717) is 5.41 Å². The molecule has 0 aromatic carbocycles. The van der Waals surface area contributed by atoms with Crippen molar-refractivity contribution in [2.45, 2.75) is 38.1 Å². The average Bonchev–Trinajstić information content (AvgIpc) is 2.07. The first kappa shape index (κ1) is 7.56. The normalized spacial score (nSPS) is 42.8. The van der Waals surface area contributed by atoms with Crippen molar-refractivity contribution < 1.29 is 0 Å². The molecule has 2 saturated heterocycles. The molecule has 0 amide bonds. The van der Waals surface area contributed by atoms with Crippen molar-refractivity contribution in [3.8, 4) is 0 Å². The molecule has 2 nitrogen and oxygen atoms in total. The summed E-state index contributed by atoms with van der Waals surface area (Å²) in [5.41, 5.74) is 6.21. The zero-order valence-corrected chi connectivity index (χ0v) is 7.10. The summed E-state index contributed by atoms with van der Waals surface area (Å²) in [6, 6.07) is 0.842. The van der Waals surface area contributed by atoms with Gasteiger partial charge in [0.2, 0.25) is 0 Å². The van der Waals surface area contributed by atoms with Crippen LogP contribution in [0.3, 0.4) is 0 Å². The Balaban J connectivity index is 2.00. The Morgan fingerprint density at radius 3 is 2.55 bits per heavy atom. The standard InChI is InChI=1S/C9H18N2/c10-6-5-9-3-1-8(2-4-9)11-7-9/h8,11H,1-7,10H2. The molecule has 11 heavy (non-hydrogen) atoms. The van der Waals surface area contributed by atoms with E-state index in [1.54, 1.807) is 0 Å². The van der Waals surface area contributed by atoms with Crippen molar-refractivity contribution >= 4 is 0 Å². The Morgan fingerprint density at radius 1 is 1.36 bits per heavy atom. The van der Waals surface area contributed by atoms with E-state index < -0.39 is 0 Å². The van der Waals surface area contributed by atoms with Crippen molar-refractivity contribution in [2.75, 3.05) is 13.1 Å². The highest BCUT2D eigenvalue weighted by atomic mass is 15.0. The van der Waals surface area contributed by atoms with Crippen LogP contribution in [-0.4, -0.2) is 19.1 Å². The van der Waals surface area contributed by atoms with Gasteiger partial charge in [-0.3, -0.25) is 0 Å². The van der Waals surface area contributed by atoms with Crippen LogP contribution >= 0.6 is 0 Å². The summed E-state index contributed by atoms with van der Waals surface area (Å²) in [5.74, 6) is 0. The van der Waals surface area contributed by atoms with Crippen LogP contribution in [0.2, 0.25) is 0 Å². The maximum atomic E-state index is 5.61. The van der Waals surface area contributed by atoms with Gasteiger partial charge in [-0.25, -0.2) is 0 Å². The smallest absolute Gasteiger partial charge is 0.00677 e. The van der Waals surface area contributed by atoms with Crippen molar-refractivity contribution in [1.29, 1.82) is 0 Å². The molecule has 2 bridgehead atoms. The molecule has 0 radical (unpaired) electrons. The van der Waals surface area contributed by atoms with Gasteiger partial charge in [0.05, 0.1) is 0 Å². The minimum Gasteiger partial charge on any atom is -0.330 e. The van der Waals surface area contributed by atoms with E-state index in [0.717, 1.165) is 12.6 Å². The van der Waals surface area contributed by atoms with E-state index in [-0.39, 0.29) is 0 Å². The number of piperidine rings is 2. The van der Waals surface area contributed by atoms with Gasteiger partial charge in [0.1, 0.15) is 0 Å². The highest BCUT2D eigenvalue weighted by Crippen LogP contribution is 2.42. The fourth-order valence-corrected chi connectivity index (χ4v) is 2.62. The second-order valence-corrected chi connectivity index (χ2v) is 4.19. The van der Waals surface area contributed by atoms with E-state index in [4.69, 9.17) is 5.73 Å². The van der Waals surface area contributed by atoms with Crippen LogP contribution in [-0.2, 0) is 0 Å². The van der Waals surface area contributed by atoms with Crippen LogP contribution in [0.4, 0.5) is 0 Å². The molecule has 64 valence electrons. The lowest BCUT2D eigenvalue weighted by Gasteiger charge is -2.47. The second-order valence-electron chi connectivity index (χ2n) is 4.19. The number of hydrogen-bond donors (Lipinski definition) is 2. The highest BCUT2D eigenvalue weighted by Gasteiger charge is 2.39. The zero-order chi connectivity index (χ0) is 7.73. The lowest BCUT2D eigenvalue weighted by molar-refractivity contribution is 0.0892. The molecule has 0 aromatic heterocycles. The Labute approximate surface area is 68.5 Å². The largest absolute Gasteiger partial charge is 0.330 e. The van der Waals surface area contributed by atoms with Gasteiger partial charge >= 0.3 is 0 Å². The maximum absolute atomic E-state index is 5.61. The van der Waals surface area contributed by atoms with E-state index in [9.17, 15) is 0 Å². The fraction of sp³-hybridized carbons (Fsp3) is 1.00. The van der Waals surface area contributed by atoms with Crippen LogP contribution in [0.15, 0.2) is 0 Å². The minimum atomic E-state index is 0.601. The van der Waals surface area contributed by atoms with Crippen molar-refractivity contribution in [1.82, 2.24) is 5.32 Å². The van der Waals surface area contributed by atoms with Crippen LogP contribution < -0.4 is 11.1 Å². The third-order valence-electron chi connectivity index (χ3n) is 3.49. The highest BCUT2D eigenvalue weighted by molar-refractivity contribution is 4.95. The molecule has 3 aliphatic rings. The topological polar surface area (TPSA) is 38.0 Å².